The first-order valence-electron chi connectivity index (χ1n) is 6.83. The minimum Gasteiger partial charge on any atom is -0.379 e. The molecule has 0 aliphatic rings. The Labute approximate surface area is 116 Å². The van der Waals surface area contributed by atoms with Gasteiger partial charge in [0.1, 0.15) is 0 Å². The number of thiophene rings is 1. The lowest BCUT2D eigenvalue weighted by atomic mass is 9.98. The average Bonchev–Trinajstić information content (AvgIpc) is 2.81. The maximum absolute atomic E-state index is 5.50. The standard InChI is InChI=1S/C15H27NOS/c1-6-8-13(14-9-7-10-18-14)16-12(2)11-15(3,4)17-5/h7,9-10,12-13,16H,6,8,11H2,1-5H3. The zero-order valence-corrected chi connectivity index (χ0v) is 13.1. The van der Waals surface area contributed by atoms with Crippen LogP contribution in [0.4, 0.5) is 0 Å². The van der Waals surface area contributed by atoms with Crippen LogP contribution in [0.1, 0.15) is 57.9 Å². The van der Waals surface area contributed by atoms with E-state index in [-0.39, 0.29) is 5.60 Å². The van der Waals surface area contributed by atoms with Crippen molar-refractivity contribution in [3.8, 4) is 0 Å². The molecule has 0 aliphatic carbocycles. The van der Waals surface area contributed by atoms with Gasteiger partial charge in [-0.3, -0.25) is 0 Å². The maximum Gasteiger partial charge on any atom is 0.0637 e. The number of rotatable bonds is 8. The van der Waals surface area contributed by atoms with Crippen molar-refractivity contribution in [3.63, 3.8) is 0 Å². The van der Waals surface area contributed by atoms with E-state index in [1.165, 1.54) is 17.7 Å². The van der Waals surface area contributed by atoms with E-state index in [1.54, 1.807) is 7.11 Å². The van der Waals surface area contributed by atoms with E-state index in [0.717, 1.165) is 6.42 Å². The second kappa shape index (κ2) is 7.27. The van der Waals surface area contributed by atoms with E-state index in [0.29, 0.717) is 12.1 Å². The second-order valence-corrected chi connectivity index (χ2v) is 6.57. The third-order valence-corrected chi connectivity index (χ3v) is 4.29. The molecule has 0 bridgehead atoms. The highest BCUT2D eigenvalue weighted by Crippen LogP contribution is 2.25. The Bertz CT molecular complexity index is 321. The summed E-state index contributed by atoms with van der Waals surface area (Å²) in [5.74, 6) is 0. The van der Waals surface area contributed by atoms with E-state index in [1.807, 2.05) is 11.3 Å². The summed E-state index contributed by atoms with van der Waals surface area (Å²) < 4.78 is 5.50. The van der Waals surface area contributed by atoms with Gasteiger partial charge in [-0.15, -0.1) is 11.3 Å². The smallest absolute Gasteiger partial charge is 0.0637 e. The molecule has 0 spiro atoms. The Morgan fingerprint density at radius 1 is 1.44 bits per heavy atom. The van der Waals surface area contributed by atoms with Gasteiger partial charge < -0.3 is 10.1 Å². The third-order valence-electron chi connectivity index (χ3n) is 3.30. The van der Waals surface area contributed by atoms with E-state index >= 15 is 0 Å². The van der Waals surface area contributed by atoms with Crippen LogP contribution >= 0.6 is 11.3 Å². The number of hydrogen-bond acceptors (Lipinski definition) is 3. The normalized spacial score (nSPS) is 15.6. The van der Waals surface area contributed by atoms with Crippen LogP contribution in [0.5, 0.6) is 0 Å². The van der Waals surface area contributed by atoms with Crippen molar-refractivity contribution in [3.05, 3.63) is 22.4 Å². The quantitative estimate of drug-likeness (QED) is 0.756. The second-order valence-electron chi connectivity index (χ2n) is 5.59. The van der Waals surface area contributed by atoms with Crippen molar-refractivity contribution < 1.29 is 4.74 Å². The van der Waals surface area contributed by atoms with Crippen LogP contribution in [0.3, 0.4) is 0 Å². The first-order valence-corrected chi connectivity index (χ1v) is 7.71. The van der Waals surface area contributed by atoms with E-state index < -0.39 is 0 Å². The van der Waals surface area contributed by atoms with Crippen LogP contribution in [0, 0.1) is 0 Å². The summed E-state index contributed by atoms with van der Waals surface area (Å²) in [6, 6.07) is 5.30. The molecule has 1 N–H and O–H groups in total. The lowest BCUT2D eigenvalue weighted by Crippen LogP contribution is -2.37. The van der Waals surface area contributed by atoms with Crippen molar-refractivity contribution >= 4 is 11.3 Å². The molecular formula is C15H27NOS. The monoisotopic (exact) mass is 269 g/mol. The zero-order valence-electron chi connectivity index (χ0n) is 12.3. The fourth-order valence-corrected chi connectivity index (χ4v) is 3.13. The van der Waals surface area contributed by atoms with E-state index in [9.17, 15) is 0 Å². The summed E-state index contributed by atoms with van der Waals surface area (Å²) in [5.41, 5.74) is -0.0569. The number of nitrogens with one attached hydrogen (secondary N) is 1. The van der Waals surface area contributed by atoms with Crippen LogP contribution in [0.2, 0.25) is 0 Å². The van der Waals surface area contributed by atoms with E-state index in [2.05, 4.69) is 50.5 Å². The largest absolute Gasteiger partial charge is 0.379 e. The van der Waals surface area contributed by atoms with Gasteiger partial charge in [0.2, 0.25) is 0 Å². The van der Waals surface area contributed by atoms with Gasteiger partial charge in [-0.1, -0.05) is 19.4 Å². The molecule has 0 aromatic carbocycles. The van der Waals surface area contributed by atoms with Crippen molar-refractivity contribution in [1.29, 1.82) is 0 Å². The molecule has 18 heavy (non-hydrogen) atoms. The molecule has 1 aromatic rings. The molecule has 2 nitrogen and oxygen atoms in total. The first kappa shape index (κ1) is 15.7. The first-order chi connectivity index (χ1) is 8.48. The van der Waals surface area contributed by atoms with Crippen LogP contribution in [-0.2, 0) is 4.74 Å². The van der Waals surface area contributed by atoms with Crippen LogP contribution < -0.4 is 5.32 Å². The molecule has 2 unspecified atom stereocenters. The highest BCUT2D eigenvalue weighted by molar-refractivity contribution is 7.10. The minimum atomic E-state index is -0.0569. The molecule has 1 rings (SSSR count). The Morgan fingerprint density at radius 2 is 2.17 bits per heavy atom. The van der Waals surface area contributed by atoms with Gasteiger partial charge in [0.15, 0.2) is 0 Å². The molecular weight excluding hydrogens is 242 g/mol. The minimum absolute atomic E-state index is 0.0569. The predicted octanol–water partition coefficient (Wildman–Crippen LogP) is 4.38. The highest BCUT2D eigenvalue weighted by Gasteiger charge is 2.22. The van der Waals surface area contributed by atoms with Crippen molar-refractivity contribution in [2.24, 2.45) is 0 Å². The van der Waals surface area contributed by atoms with Crippen LogP contribution in [0.15, 0.2) is 17.5 Å². The lowest BCUT2D eigenvalue weighted by Gasteiger charge is -2.29. The summed E-state index contributed by atoms with van der Waals surface area (Å²) in [4.78, 5) is 1.44. The van der Waals surface area contributed by atoms with Crippen molar-refractivity contribution in [2.75, 3.05) is 7.11 Å². The Hall–Kier alpha value is -0.380. The summed E-state index contributed by atoms with van der Waals surface area (Å²) in [5, 5.41) is 5.90. The molecule has 0 saturated carbocycles. The molecule has 1 aromatic heterocycles. The Morgan fingerprint density at radius 3 is 2.67 bits per heavy atom. The molecule has 2 atom stereocenters. The van der Waals surface area contributed by atoms with Crippen molar-refractivity contribution in [2.45, 2.75) is 64.6 Å². The van der Waals surface area contributed by atoms with Crippen LogP contribution in [0.25, 0.3) is 0 Å². The van der Waals surface area contributed by atoms with E-state index in [4.69, 9.17) is 4.74 Å². The average molecular weight is 269 g/mol. The molecule has 0 radical (unpaired) electrons. The molecule has 1 heterocycles. The molecule has 0 saturated heterocycles. The number of ether oxygens (including phenoxy) is 1. The summed E-state index contributed by atoms with van der Waals surface area (Å²) in [6.07, 6.45) is 3.42. The Balaban J connectivity index is 2.56. The fraction of sp³-hybridized carbons (Fsp3) is 0.733. The molecule has 0 fully saturated rings. The van der Waals surface area contributed by atoms with Crippen LogP contribution in [-0.4, -0.2) is 18.8 Å². The van der Waals surface area contributed by atoms with Gasteiger partial charge in [0.25, 0.3) is 0 Å². The lowest BCUT2D eigenvalue weighted by molar-refractivity contribution is 0.00759. The van der Waals surface area contributed by atoms with Gasteiger partial charge in [-0.25, -0.2) is 0 Å². The summed E-state index contributed by atoms with van der Waals surface area (Å²) in [7, 11) is 1.79. The molecule has 3 heteroatoms. The fourth-order valence-electron chi connectivity index (χ4n) is 2.31. The highest BCUT2D eigenvalue weighted by atomic mass is 32.1. The van der Waals surface area contributed by atoms with Gasteiger partial charge in [0, 0.05) is 24.1 Å². The number of hydrogen-bond donors (Lipinski definition) is 1. The maximum atomic E-state index is 5.50. The summed E-state index contributed by atoms with van der Waals surface area (Å²) in [6.45, 7) is 8.78. The number of methoxy groups -OCH3 is 1. The van der Waals surface area contributed by atoms with Crippen molar-refractivity contribution in [1.82, 2.24) is 5.32 Å². The Kier molecular flexibility index (Phi) is 6.33. The van der Waals surface area contributed by atoms with Gasteiger partial charge >= 0.3 is 0 Å². The summed E-state index contributed by atoms with van der Waals surface area (Å²) >= 11 is 1.84. The van der Waals surface area contributed by atoms with Gasteiger partial charge in [-0.05, 0) is 45.1 Å². The third kappa shape index (κ3) is 5.09. The van der Waals surface area contributed by atoms with Gasteiger partial charge in [-0.2, -0.15) is 0 Å². The SMILES string of the molecule is CCCC(NC(C)CC(C)(C)OC)c1cccs1. The molecule has 0 amide bonds. The van der Waals surface area contributed by atoms with Gasteiger partial charge in [0.05, 0.1) is 5.60 Å². The molecule has 0 aliphatic heterocycles. The topological polar surface area (TPSA) is 21.3 Å². The molecule has 104 valence electrons. The predicted molar refractivity (Wildman–Crippen MR) is 80.3 cm³/mol. The zero-order chi connectivity index (χ0) is 13.6.